The van der Waals surface area contributed by atoms with E-state index in [1.54, 1.807) is 4.90 Å². The number of piperazine rings is 1. The van der Waals surface area contributed by atoms with Crippen molar-refractivity contribution in [1.29, 1.82) is 0 Å². The third-order valence-electron chi connectivity index (χ3n) is 4.82. The summed E-state index contributed by atoms with van der Waals surface area (Å²) >= 11 is 0. The van der Waals surface area contributed by atoms with Gasteiger partial charge >= 0.3 is 0 Å². The number of hydrogen-bond acceptors (Lipinski definition) is 1. The van der Waals surface area contributed by atoms with Gasteiger partial charge in [-0.15, -0.1) is 0 Å². The minimum atomic E-state index is 1.11. The Labute approximate surface area is 137 Å². The molecule has 23 heavy (non-hydrogen) atoms. The lowest BCUT2D eigenvalue weighted by molar-refractivity contribution is -0.914. The quantitative estimate of drug-likeness (QED) is 0.779. The second-order valence-corrected chi connectivity index (χ2v) is 6.30. The first-order chi connectivity index (χ1) is 11.4. The summed E-state index contributed by atoms with van der Waals surface area (Å²) < 4.78 is 0. The van der Waals surface area contributed by atoms with Gasteiger partial charge in [0.05, 0.1) is 6.20 Å². The van der Waals surface area contributed by atoms with E-state index in [0.29, 0.717) is 0 Å². The van der Waals surface area contributed by atoms with Gasteiger partial charge in [-0.25, -0.2) is 4.98 Å². The average molecular weight is 305 g/mol. The number of hydrogen-bond donors (Lipinski definition) is 1. The van der Waals surface area contributed by atoms with Crippen LogP contribution in [0.3, 0.4) is 0 Å². The summed E-state index contributed by atoms with van der Waals surface area (Å²) in [5, 5.41) is 2.75. The molecule has 2 N–H and O–H groups in total. The molecule has 0 bridgehead atoms. The zero-order valence-electron chi connectivity index (χ0n) is 13.3. The molecule has 1 aliphatic rings. The molecule has 1 aromatic heterocycles. The minimum absolute atomic E-state index is 1.11. The van der Waals surface area contributed by atoms with Gasteiger partial charge in [0.1, 0.15) is 32.7 Å². The first-order valence-electron chi connectivity index (χ1n) is 8.42. The molecule has 0 atom stereocenters. The number of aromatic amines is 1. The first-order valence-corrected chi connectivity index (χ1v) is 8.42. The van der Waals surface area contributed by atoms with Gasteiger partial charge in [0, 0.05) is 11.6 Å². The van der Waals surface area contributed by atoms with E-state index in [9.17, 15) is 0 Å². The van der Waals surface area contributed by atoms with Crippen LogP contribution in [-0.2, 0) is 6.54 Å². The number of nitrogens with one attached hydrogen (secondary N) is 2. The molecule has 0 saturated carbocycles. The zero-order chi connectivity index (χ0) is 15.5. The van der Waals surface area contributed by atoms with Gasteiger partial charge in [0.2, 0.25) is 0 Å². The van der Waals surface area contributed by atoms with Crippen molar-refractivity contribution in [3.8, 4) is 0 Å². The maximum absolute atomic E-state index is 3.34. The largest absolute Gasteiger partial charge is 0.325 e. The van der Waals surface area contributed by atoms with Crippen molar-refractivity contribution in [1.82, 2.24) is 0 Å². The molecule has 3 aromatic rings. The van der Waals surface area contributed by atoms with Crippen LogP contribution in [0.1, 0.15) is 5.56 Å². The Morgan fingerprint density at radius 3 is 2.48 bits per heavy atom. The molecule has 2 heterocycles. The number of aromatic nitrogens is 1. The number of anilines is 1. The predicted molar refractivity (Wildman–Crippen MR) is 93.6 cm³/mol. The highest BCUT2D eigenvalue weighted by Gasteiger charge is 2.26. The van der Waals surface area contributed by atoms with Crippen molar-refractivity contribution in [3.63, 3.8) is 0 Å². The van der Waals surface area contributed by atoms with Crippen molar-refractivity contribution in [2.45, 2.75) is 6.54 Å². The van der Waals surface area contributed by atoms with Crippen LogP contribution in [-0.4, -0.2) is 26.2 Å². The summed E-state index contributed by atoms with van der Waals surface area (Å²) in [5.41, 5.74) is 1.47. The number of benzene rings is 2. The van der Waals surface area contributed by atoms with Crippen molar-refractivity contribution < 1.29 is 9.88 Å². The van der Waals surface area contributed by atoms with E-state index in [-0.39, 0.29) is 0 Å². The molecule has 0 spiro atoms. The van der Waals surface area contributed by atoms with Crippen LogP contribution >= 0.6 is 0 Å². The molecule has 1 saturated heterocycles. The molecule has 1 aliphatic heterocycles. The van der Waals surface area contributed by atoms with Crippen molar-refractivity contribution >= 4 is 16.6 Å². The van der Waals surface area contributed by atoms with Crippen LogP contribution < -0.4 is 14.8 Å². The molecule has 1 fully saturated rings. The van der Waals surface area contributed by atoms with Gasteiger partial charge in [-0.3, -0.25) is 4.90 Å². The lowest BCUT2D eigenvalue weighted by Crippen LogP contribution is -3.13. The van der Waals surface area contributed by atoms with Gasteiger partial charge in [0.15, 0.2) is 0 Å². The second-order valence-electron chi connectivity index (χ2n) is 6.30. The van der Waals surface area contributed by atoms with Gasteiger partial charge < -0.3 is 4.90 Å². The molecule has 4 rings (SSSR count). The Hall–Kier alpha value is -2.39. The average Bonchev–Trinajstić information content (AvgIpc) is 2.63. The maximum Gasteiger partial charge on any atom is 0.274 e. The maximum atomic E-state index is 3.34. The van der Waals surface area contributed by atoms with E-state index < -0.39 is 0 Å². The monoisotopic (exact) mass is 305 g/mol. The fourth-order valence-corrected chi connectivity index (χ4v) is 3.54. The summed E-state index contributed by atoms with van der Waals surface area (Å²) in [5.74, 6) is 1.23. The van der Waals surface area contributed by atoms with E-state index in [1.807, 2.05) is 12.3 Å². The molecular formula is C20H23N3+2. The van der Waals surface area contributed by atoms with Crippen molar-refractivity contribution in [3.05, 3.63) is 72.4 Å². The third kappa shape index (κ3) is 3.06. The minimum Gasteiger partial charge on any atom is -0.325 e. The third-order valence-corrected chi connectivity index (χ3v) is 4.82. The number of H-pyrrole nitrogens is 1. The fraction of sp³-hybridized carbons (Fsp3) is 0.250. The van der Waals surface area contributed by atoms with Crippen LogP contribution in [0, 0.1) is 0 Å². The number of rotatable bonds is 3. The molecule has 0 aliphatic carbocycles. The summed E-state index contributed by atoms with van der Waals surface area (Å²) in [6.07, 6.45) is 2.00. The lowest BCUT2D eigenvalue weighted by atomic mass is 10.0. The summed E-state index contributed by atoms with van der Waals surface area (Å²) in [6.45, 7) is 5.72. The number of nitrogens with zero attached hydrogens (tertiary/aromatic N) is 1. The predicted octanol–water partition coefficient (Wildman–Crippen LogP) is 1.56. The lowest BCUT2D eigenvalue weighted by Gasteiger charge is -2.28. The molecule has 0 unspecified atom stereocenters. The van der Waals surface area contributed by atoms with Gasteiger partial charge in [-0.05, 0) is 16.8 Å². The van der Waals surface area contributed by atoms with E-state index in [2.05, 4.69) is 64.5 Å². The molecule has 0 amide bonds. The van der Waals surface area contributed by atoms with Crippen LogP contribution in [0.4, 0.5) is 5.82 Å². The normalized spacial score (nSPS) is 15.9. The van der Waals surface area contributed by atoms with Crippen LogP contribution in [0.5, 0.6) is 0 Å². The number of pyridine rings is 1. The van der Waals surface area contributed by atoms with Gasteiger partial charge in [0.25, 0.3) is 5.82 Å². The number of quaternary nitrogens is 1. The highest BCUT2D eigenvalue weighted by atomic mass is 15.3. The molecular weight excluding hydrogens is 282 g/mol. The van der Waals surface area contributed by atoms with E-state index in [4.69, 9.17) is 0 Å². The highest BCUT2D eigenvalue weighted by Crippen LogP contribution is 2.17. The first kappa shape index (κ1) is 14.2. The number of fused-ring (bicyclic) bond motifs is 1. The highest BCUT2D eigenvalue weighted by molar-refractivity contribution is 5.85. The molecule has 3 heteroatoms. The van der Waals surface area contributed by atoms with Crippen LogP contribution in [0.15, 0.2) is 66.9 Å². The van der Waals surface area contributed by atoms with Crippen LogP contribution in [0.25, 0.3) is 10.8 Å². The summed E-state index contributed by atoms with van der Waals surface area (Å²) in [6, 6.07) is 21.7. The molecule has 3 nitrogen and oxygen atoms in total. The van der Waals surface area contributed by atoms with E-state index >= 15 is 0 Å². The van der Waals surface area contributed by atoms with E-state index in [0.717, 1.165) is 19.6 Å². The Kier molecular flexibility index (Phi) is 3.95. The second kappa shape index (κ2) is 6.39. The molecule has 116 valence electrons. The Balaban J connectivity index is 1.45. The Morgan fingerprint density at radius 1 is 0.870 bits per heavy atom. The van der Waals surface area contributed by atoms with Gasteiger partial charge in [-0.2, -0.15) is 0 Å². The van der Waals surface area contributed by atoms with Crippen molar-refractivity contribution in [2.75, 3.05) is 31.1 Å². The standard InChI is InChI=1S/C20H21N3/c1-2-9-19-17(6-1)7-5-8-18(19)16-22-12-14-23(15-13-22)20-10-3-4-11-21-20/h1-11H,12-16H2/p+2. The Bertz CT molecular complexity index is 772. The summed E-state index contributed by atoms with van der Waals surface area (Å²) in [4.78, 5) is 7.47. The topological polar surface area (TPSA) is 21.8 Å². The molecule has 0 radical (unpaired) electrons. The van der Waals surface area contributed by atoms with Crippen molar-refractivity contribution in [2.24, 2.45) is 0 Å². The SMILES string of the molecule is c1ccc(N2CC[NH+](Cc3cccc4ccccc34)CC2)[nH+]c1. The summed E-state index contributed by atoms with van der Waals surface area (Å²) in [7, 11) is 0. The fourth-order valence-electron chi connectivity index (χ4n) is 3.54. The van der Waals surface area contributed by atoms with Crippen LogP contribution in [0.2, 0.25) is 0 Å². The van der Waals surface area contributed by atoms with Gasteiger partial charge in [-0.1, -0.05) is 48.5 Å². The Morgan fingerprint density at radius 2 is 1.65 bits per heavy atom. The van der Waals surface area contributed by atoms with E-state index in [1.165, 1.54) is 35.2 Å². The molecule has 2 aromatic carbocycles. The zero-order valence-corrected chi connectivity index (χ0v) is 13.3. The smallest absolute Gasteiger partial charge is 0.274 e.